The van der Waals surface area contributed by atoms with Crippen LogP contribution < -0.4 is 25.8 Å². The molecule has 0 bridgehead atoms. The summed E-state index contributed by atoms with van der Waals surface area (Å²) in [7, 11) is 0. The molecule has 202 valence electrons. The minimum atomic E-state index is -0.760. The van der Waals surface area contributed by atoms with Gasteiger partial charge in [0.25, 0.3) is 0 Å². The number of fused-ring (bicyclic) bond motifs is 1. The number of hydrogen-bond donors (Lipinski definition) is 6. The van der Waals surface area contributed by atoms with Crippen LogP contribution in [0.4, 0.5) is 10.5 Å². The SMILES string of the molecule is NC(=O)Nc1cccc(COC[C@@H]2COc3ccc(CCNC[C@H](O)c4ccc(O)c(CO)c4)cc3O2)c1. The first-order valence-electron chi connectivity index (χ1n) is 12.4. The van der Waals surface area contributed by atoms with Crippen LogP contribution in [0.5, 0.6) is 17.2 Å². The maximum absolute atomic E-state index is 11.0. The second kappa shape index (κ2) is 13.1. The zero-order chi connectivity index (χ0) is 26.9. The molecule has 1 heterocycles. The zero-order valence-electron chi connectivity index (χ0n) is 20.9. The van der Waals surface area contributed by atoms with E-state index < -0.39 is 12.1 Å². The van der Waals surface area contributed by atoms with E-state index in [1.807, 2.05) is 30.3 Å². The number of ether oxygens (including phenoxy) is 3. The van der Waals surface area contributed by atoms with E-state index in [1.54, 1.807) is 24.3 Å². The van der Waals surface area contributed by atoms with E-state index >= 15 is 0 Å². The lowest BCUT2D eigenvalue weighted by Gasteiger charge is -2.27. The number of nitrogens with two attached hydrogens (primary N) is 1. The number of amides is 2. The van der Waals surface area contributed by atoms with Crippen LogP contribution in [-0.4, -0.2) is 53.8 Å². The molecule has 1 aliphatic rings. The Morgan fingerprint density at radius 1 is 1.11 bits per heavy atom. The molecule has 0 aliphatic carbocycles. The van der Waals surface area contributed by atoms with Crippen LogP contribution in [0.25, 0.3) is 0 Å². The molecule has 7 N–H and O–H groups in total. The molecule has 2 amide bonds. The molecule has 38 heavy (non-hydrogen) atoms. The lowest BCUT2D eigenvalue weighted by molar-refractivity contribution is 0.00267. The average Bonchev–Trinajstić information content (AvgIpc) is 2.91. The van der Waals surface area contributed by atoms with Gasteiger partial charge in [0, 0.05) is 17.8 Å². The van der Waals surface area contributed by atoms with E-state index in [1.165, 1.54) is 6.07 Å². The van der Waals surface area contributed by atoms with Gasteiger partial charge in [-0.05, 0) is 66.1 Å². The van der Waals surface area contributed by atoms with Crippen molar-refractivity contribution in [3.05, 3.63) is 82.9 Å². The van der Waals surface area contributed by atoms with Crippen molar-refractivity contribution in [2.75, 3.05) is 31.6 Å². The number of rotatable bonds is 12. The monoisotopic (exact) mass is 523 g/mol. The number of aliphatic hydroxyl groups is 2. The van der Waals surface area contributed by atoms with E-state index in [0.29, 0.717) is 61.2 Å². The molecule has 2 atom stereocenters. The van der Waals surface area contributed by atoms with Crippen molar-refractivity contribution in [2.24, 2.45) is 5.73 Å². The molecule has 3 aromatic carbocycles. The van der Waals surface area contributed by atoms with Crippen molar-refractivity contribution in [1.29, 1.82) is 0 Å². The van der Waals surface area contributed by atoms with E-state index in [0.717, 1.165) is 17.5 Å². The van der Waals surface area contributed by atoms with Gasteiger partial charge in [0.05, 0.1) is 25.9 Å². The second-order valence-electron chi connectivity index (χ2n) is 9.05. The Morgan fingerprint density at radius 2 is 1.97 bits per heavy atom. The highest BCUT2D eigenvalue weighted by molar-refractivity contribution is 5.87. The van der Waals surface area contributed by atoms with E-state index in [2.05, 4.69) is 10.6 Å². The van der Waals surface area contributed by atoms with Gasteiger partial charge >= 0.3 is 6.03 Å². The summed E-state index contributed by atoms with van der Waals surface area (Å²) in [5.41, 5.74) is 8.73. The van der Waals surface area contributed by atoms with Crippen LogP contribution in [0.3, 0.4) is 0 Å². The summed E-state index contributed by atoms with van der Waals surface area (Å²) in [6.07, 6.45) is -0.298. The topological polar surface area (TPSA) is 156 Å². The van der Waals surface area contributed by atoms with Gasteiger partial charge in [-0.15, -0.1) is 0 Å². The predicted octanol–water partition coefficient (Wildman–Crippen LogP) is 2.60. The summed E-state index contributed by atoms with van der Waals surface area (Å²) in [5, 5.41) is 35.2. The zero-order valence-corrected chi connectivity index (χ0v) is 20.9. The van der Waals surface area contributed by atoms with Crippen molar-refractivity contribution < 1.29 is 34.3 Å². The third kappa shape index (κ3) is 7.59. The smallest absolute Gasteiger partial charge is 0.316 e. The lowest BCUT2D eigenvalue weighted by atomic mass is 10.1. The molecule has 0 unspecified atom stereocenters. The molecule has 0 radical (unpaired) electrons. The van der Waals surface area contributed by atoms with Crippen LogP contribution in [-0.2, 0) is 24.4 Å². The molecular weight excluding hydrogens is 490 g/mol. The van der Waals surface area contributed by atoms with Crippen LogP contribution >= 0.6 is 0 Å². The lowest BCUT2D eigenvalue weighted by Crippen LogP contribution is -2.33. The van der Waals surface area contributed by atoms with Crippen LogP contribution in [0, 0.1) is 0 Å². The molecule has 0 fully saturated rings. The number of aliphatic hydroxyl groups excluding tert-OH is 2. The molecule has 4 rings (SSSR count). The molecule has 0 saturated carbocycles. The number of anilines is 1. The average molecular weight is 524 g/mol. The van der Waals surface area contributed by atoms with Crippen molar-refractivity contribution in [3.8, 4) is 17.2 Å². The highest BCUT2D eigenvalue weighted by Crippen LogP contribution is 2.33. The maximum Gasteiger partial charge on any atom is 0.316 e. The van der Waals surface area contributed by atoms with E-state index in [9.17, 15) is 20.1 Å². The third-order valence-electron chi connectivity index (χ3n) is 6.08. The van der Waals surface area contributed by atoms with Gasteiger partial charge in [-0.3, -0.25) is 0 Å². The Bertz CT molecular complexity index is 1240. The van der Waals surface area contributed by atoms with Gasteiger partial charge < -0.3 is 45.9 Å². The fourth-order valence-corrected chi connectivity index (χ4v) is 4.12. The number of carbonyl (C=O) groups excluding carboxylic acids is 1. The molecule has 10 heteroatoms. The predicted molar refractivity (Wildman–Crippen MR) is 141 cm³/mol. The fraction of sp³-hybridized carbons (Fsp3) is 0.321. The van der Waals surface area contributed by atoms with Gasteiger partial charge in [0.15, 0.2) is 17.6 Å². The summed E-state index contributed by atoms with van der Waals surface area (Å²) in [6.45, 7) is 1.75. The van der Waals surface area contributed by atoms with Crippen LogP contribution in [0.2, 0.25) is 0 Å². The summed E-state index contributed by atoms with van der Waals surface area (Å²) in [4.78, 5) is 11.0. The largest absolute Gasteiger partial charge is 0.508 e. The number of benzene rings is 3. The minimum absolute atomic E-state index is 0.00761. The highest BCUT2D eigenvalue weighted by atomic mass is 16.6. The Hall–Kier alpha value is -3.83. The number of hydrogen-bond acceptors (Lipinski definition) is 8. The first-order chi connectivity index (χ1) is 18.4. The van der Waals surface area contributed by atoms with Crippen molar-refractivity contribution in [3.63, 3.8) is 0 Å². The number of aromatic hydroxyl groups is 1. The summed E-state index contributed by atoms with van der Waals surface area (Å²) >= 11 is 0. The Labute approximate surface area is 221 Å². The van der Waals surface area contributed by atoms with Crippen molar-refractivity contribution >= 4 is 11.7 Å². The molecule has 10 nitrogen and oxygen atoms in total. The molecule has 0 spiro atoms. The molecule has 1 aliphatic heterocycles. The molecule has 0 aromatic heterocycles. The van der Waals surface area contributed by atoms with Gasteiger partial charge in [-0.1, -0.05) is 24.3 Å². The van der Waals surface area contributed by atoms with E-state index in [4.69, 9.17) is 19.9 Å². The Kier molecular flexibility index (Phi) is 9.39. The van der Waals surface area contributed by atoms with Gasteiger partial charge in [-0.25, -0.2) is 4.79 Å². The number of phenols is 1. The van der Waals surface area contributed by atoms with Crippen LogP contribution in [0.1, 0.15) is 28.4 Å². The second-order valence-corrected chi connectivity index (χ2v) is 9.05. The maximum atomic E-state index is 11.0. The Morgan fingerprint density at radius 3 is 2.79 bits per heavy atom. The van der Waals surface area contributed by atoms with E-state index in [-0.39, 0.29) is 18.5 Å². The Balaban J connectivity index is 1.21. The van der Waals surface area contributed by atoms with Gasteiger partial charge in [-0.2, -0.15) is 0 Å². The molecule has 3 aromatic rings. The quantitative estimate of drug-likeness (QED) is 0.198. The minimum Gasteiger partial charge on any atom is -0.508 e. The molecular formula is C28H33N3O7. The van der Waals surface area contributed by atoms with Gasteiger partial charge in [0.2, 0.25) is 0 Å². The highest BCUT2D eigenvalue weighted by Gasteiger charge is 2.21. The number of urea groups is 1. The number of nitrogens with one attached hydrogen (secondary N) is 2. The normalized spacial score (nSPS) is 15.2. The summed E-state index contributed by atoms with van der Waals surface area (Å²) in [5.74, 6) is 1.36. The fourth-order valence-electron chi connectivity index (χ4n) is 4.12. The first-order valence-corrected chi connectivity index (χ1v) is 12.4. The van der Waals surface area contributed by atoms with Crippen molar-refractivity contribution in [1.82, 2.24) is 5.32 Å². The number of carbonyl (C=O) groups is 1. The number of primary amides is 1. The standard InChI is InChI=1S/C28H33N3O7/c29-28(35)31-22-3-1-2-19(10-22)15-36-16-23-17-37-26-7-4-18(11-27(26)38-23)8-9-30-13-25(34)20-5-6-24(33)21(12-20)14-32/h1-7,10-12,23,25,30,32-34H,8-9,13-17H2,(H3,29,31,35)/t23-,25+/m1/s1. The van der Waals surface area contributed by atoms with Gasteiger partial charge in [0.1, 0.15) is 12.4 Å². The van der Waals surface area contributed by atoms with Crippen LogP contribution in [0.15, 0.2) is 60.7 Å². The van der Waals surface area contributed by atoms with Crippen molar-refractivity contribution in [2.45, 2.75) is 31.8 Å². The first kappa shape index (κ1) is 27.2. The summed E-state index contributed by atoms with van der Waals surface area (Å²) in [6, 6.07) is 17.2. The third-order valence-corrected chi connectivity index (χ3v) is 6.08. The summed E-state index contributed by atoms with van der Waals surface area (Å²) < 4.78 is 17.7. The molecule has 0 saturated heterocycles.